The molecule has 0 fully saturated rings. The van der Waals surface area contributed by atoms with Gasteiger partial charge in [-0.15, -0.1) is 0 Å². The summed E-state index contributed by atoms with van der Waals surface area (Å²) in [5.41, 5.74) is -0.361. The molecule has 0 aliphatic heterocycles. The largest absolute Gasteiger partial charge is 0.350 e. The number of aliphatic imine (C=N–C) groups is 1. The first-order valence-electron chi connectivity index (χ1n) is 2.77. The number of rotatable bonds is 2. The van der Waals surface area contributed by atoms with Gasteiger partial charge >= 0.3 is 0 Å². The molecule has 0 radical (unpaired) electrons. The number of nitrogens with zero attached hydrogens (tertiary/aromatic N) is 1. The van der Waals surface area contributed by atoms with Crippen LogP contribution in [0.3, 0.4) is 0 Å². The maximum absolute atomic E-state index is 8.74. The summed E-state index contributed by atoms with van der Waals surface area (Å²) in [4.78, 5) is 3.26. The van der Waals surface area contributed by atoms with Crippen LogP contribution in [0.1, 0.15) is 20.8 Å². The molecule has 0 bridgehead atoms. The smallest absolute Gasteiger partial charge is 0.255 e. The summed E-state index contributed by atoms with van der Waals surface area (Å²) < 4.78 is 4.91. The zero-order valence-electron chi connectivity index (χ0n) is 6.09. The van der Waals surface area contributed by atoms with Gasteiger partial charge in [0, 0.05) is 0 Å². The molecule has 0 spiro atoms. The summed E-state index contributed by atoms with van der Waals surface area (Å²) in [6.45, 7) is 8.62. The summed E-state index contributed by atoms with van der Waals surface area (Å²) >= 11 is 0. The van der Waals surface area contributed by atoms with Crippen LogP contribution in [-0.2, 0) is 4.74 Å². The first-order valence-corrected chi connectivity index (χ1v) is 2.77. The molecular weight excluding hydrogens is 118 g/mol. The van der Waals surface area contributed by atoms with Crippen molar-refractivity contribution in [3.63, 3.8) is 0 Å². The molecule has 1 atom stereocenters. The summed E-state index contributed by atoms with van der Waals surface area (Å²) in [5.74, 6) is 0. The van der Waals surface area contributed by atoms with Gasteiger partial charge in [-0.1, -0.05) is 0 Å². The molecule has 1 unspecified atom stereocenters. The van der Waals surface area contributed by atoms with Crippen molar-refractivity contribution in [2.75, 3.05) is 0 Å². The summed E-state index contributed by atoms with van der Waals surface area (Å²) in [6, 6.07) is 0. The minimum absolute atomic E-state index is 0.361. The van der Waals surface area contributed by atoms with Crippen molar-refractivity contribution in [2.45, 2.75) is 32.8 Å². The monoisotopic (exact) mass is 131 g/mol. The second kappa shape index (κ2) is 2.94. The predicted molar refractivity (Wildman–Crippen MR) is 36.4 cm³/mol. The summed E-state index contributed by atoms with van der Waals surface area (Å²) in [6.07, 6.45) is -1.09. The zero-order valence-corrected chi connectivity index (χ0v) is 6.09. The van der Waals surface area contributed by atoms with Gasteiger partial charge in [0.15, 0.2) is 0 Å². The molecule has 3 heteroatoms. The van der Waals surface area contributed by atoms with Crippen molar-refractivity contribution in [1.82, 2.24) is 0 Å². The number of aliphatic hydroxyl groups excluding tert-OH is 1. The molecule has 0 rings (SSSR count). The van der Waals surface area contributed by atoms with Gasteiger partial charge in [0.25, 0.3) is 6.41 Å². The standard InChI is InChI=1S/C6H13NO2/c1-6(2,3)9-5(8)7-4/h5,8H,4H2,1-3H3. The molecule has 0 aromatic heterocycles. The van der Waals surface area contributed by atoms with Crippen molar-refractivity contribution in [3.05, 3.63) is 0 Å². The highest BCUT2D eigenvalue weighted by atomic mass is 16.6. The molecular formula is C6H13NO2. The molecule has 0 aliphatic rings. The maximum atomic E-state index is 8.74. The summed E-state index contributed by atoms with van der Waals surface area (Å²) in [5, 5.41) is 8.74. The Morgan fingerprint density at radius 1 is 1.56 bits per heavy atom. The average Bonchev–Trinajstić information content (AvgIpc) is 1.62. The van der Waals surface area contributed by atoms with Crippen molar-refractivity contribution >= 4 is 6.72 Å². The Kier molecular flexibility index (Phi) is 2.81. The lowest BCUT2D eigenvalue weighted by Gasteiger charge is -2.20. The highest BCUT2D eigenvalue weighted by Gasteiger charge is 2.14. The lowest BCUT2D eigenvalue weighted by atomic mass is 10.2. The Bertz CT molecular complexity index is 95.7. The van der Waals surface area contributed by atoms with E-state index in [4.69, 9.17) is 9.84 Å². The molecule has 9 heavy (non-hydrogen) atoms. The fourth-order valence-corrected chi connectivity index (χ4v) is 0.353. The van der Waals surface area contributed by atoms with Gasteiger partial charge in [-0.3, -0.25) is 0 Å². The van der Waals surface area contributed by atoms with Crippen LogP contribution in [0.25, 0.3) is 0 Å². The van der Waals surface area contributed by atoms with Crippen LogP contribution in [-0.4, -0.2) is 23.8 Å². The third-order valence-electron chi connectivity index (χ3n) is 0.615. The molecule has 0 saturated carbocycles. The normalized spacial score (nSPS) is 15.1. The minimum Gasteiger partial charge on any atom is -0.350 e. The fourth-order valence-electron chi connectivity index (χ4n) is 0.353. The topological polar surface area (TPSA) is 41.8 Å². The fraction of sp³-hybridized carbons (Fsp3) is 0.833. The van der Waals surface area contributed by atoms with E-state index in [1.807, 2.05) is 20.8 Å². The molecule has 0 aromatic carbocycles. The third-order valence-corrected chi connectivity index (χ3v) is 0.615. The third kappa shape index (κ3) is 5.46. The van der Waals surface area contributed by atoms with Gasteiger partial charge in [-0.2, -0.15) is 0 Å². The molecule has 0 aliphatic carbocycles. The molecule has 1 N–H and O–H groups in total. The van der Waals surface area contributed by atoms with Gasteiger partial charge in [0.05, 0.1) is 5.60 Å². The van der Waals surface area contributed by atoms with Gasteiger partial charge in [0.1, 0.15) is 0 Å². The van der Waals surface area contributed by atoms with Crippen LogP contribution < -0.4 is 0 Å². The van der Waals surface area contributed by atoms with Crippen molar-refractivity contribution in [1.29, 1.82) is 0 Å². The Balaban J connectivity index is 3.59. The number of aliphatic hydroxyl groups is 1. The SMILES string of the molecule is C=NC(O)OC(C)(C)C. The second-order valence-electron chi connectivity index (χ2n) is 2.74. The van der Waals surface area contributed by atoms with Crippen molar-refractivity contribution < 1.29 is 9.84 Å². The predicted octanol–water partition coefficient (Wildman–Crippen LogP) is 0.778. The Labute approximate surface area is 55.4 Å². The Morgan fingerprint density at radius 2 is 2.00 bits per heavy atom. The van der Waals surface area contributed by atoms with E-state index in [1.165, 1.54) is 0 Å². The van der Waals surface area contributed by atoms with E-state index in [0.29, 0.717) is 0 Å². The number of hydrogen-bond acceptors (Lipinski definition) is 3. The maximum Gasteiger partial charge on any atom is 0.255 e. The lowest BCUT2D eigenvalue weighted by Crippen LogP contribution is -2.25. The van der Waals surface area contributed by atoms with E-state index in [9.17, 15) is 0 Å². The van der Waals surface area contributed by atoms with Crippen molar-refractivity contribution in [3.8, 4) is 0 Å². The van der Waals surface area contributed by atoms with E-state index in [2.05, 4.69) is 11.7 Å². The Hall–Kier alpha value is -0.410. The van der Waals surface area contributed by atoms with Gasteiger partial charge in [-0.05, 0) is 27.5 Å². The molecule has 54 valence electrons. The molecule has 0 heterocycles. The van der Waals surface area contributed by atoms with E-state index in [0.717, 1.165) is 0 Å². The lowest BCUT2D eigenvalue weighted by molar-refractivity contribution is -0.159. The highest BCUT2D eigenvalue weighted by Crippen LogP contribution is 2.08. The van der Waals surface area contributed by atoms with Crippen LogP contribution in [0.2, 0.25) is 0 Å². The molecule has 0 amide bonds. The second-order valence-corrected chi connectivity index (χ2v) is 2.74. The first kappa shape index (κ1) is 8.59. The number of hydrogen-bond donors (Lipinski definition) is 1. The van der Waals surface area contributed by atoms with E-state index in [-0.39, 0.29) is 5.60 Å². The van der Waals surface area contributed by atoms with Crippen LogP contribution in [0, 0.1) is 0 Å². The first-order chi connectivity index (χ1) is 3.95. The van der Waals surface area contributed by atoms with E-state index in [1.54, 1.807) is 0 Å². The quantitative estimate of drug-likeness (QED) is 0.444. The van der Waals surface area contributed by atoms with Crippen LogP contribution in [0.5, 0.6) is 0 Å². The molecule has 0 aromatic rings. The minimum atomic E-state index is -1.09. The van der Waals surface area contributed by atoms with E-state index >= 15 is 0 Å². The highest BCUT2D eigenvalue weighted by molar-refractivity contribution is 5.23. The molecule has 0 saturated heterocycles. The van der Waals surface area contributed by atoms with Crippen molar-refractivity contribution in [2.24, 2.45) is 4.99 Å². The summed E-state index contributed by atoms with van der Waals surface area (Å²) in [7, 11) is 0. The Morgan fingerprint density at radius 3 is 2.11 bits per heavy atom. The van der Waals surface area contributed by atoms with Crippen LogP contribution in [0.15, 0.2) is 4.99 Å². The van der Waals surface area contributed by atoms with Gasteiger partial charge < -0.3 is 9.84 Å². The van der Waals surface area contributed by atoms with Crippen LogP contribution >= 0.6 is 0 Å². The number of ether oxygens (including phenoxy) is 1. The van der Waals surface area contributed by atoms with Crippen LogP contribution in [0.4, 0.5) is 0 Å². The van der Waals surface area contributed by atoms with E-state index < -0.39 is 6.41 Å². The average molecular weight is 131 g/mol. The van der Waals surface area contributed by atoms with Gasteiger partial charge in [-0.25, -0.2) is 4.99 Å². The zero-order chi connectivity index (χ0) is 7.49. The molecule has 3 nitrogen and oxygen atoms in total. The van der Waals surface area contributed by atoms with Gasteiger partial charge in [0.2, 0.25) is 0 Å².